The summed E-state index contributed by atoms with van der Waals surface area (Å²) in [6.07, 6.45) is 6.98. The molecule has 2 atom stereocenters. The SMILES string of the molecule is COC(=O)CC[C@@H]1CCCC[C@H]1C. The molecule has 1 rings (SSSR count). The van der Waals surface area contributed by atoms with E-state index < -0.39 is 0 Å². The summed E-state index contributed by atoms with van der Waals surface area (Å²) in [7, 11) is 1.46. The number of carbonyl (C=O) groups excluding carboxylic acids is 1. The van der Waals surface area contributed by atoms with Crippen molar-refractivity contribution in [2.45, 2.75) is 45.4 Å². The van der Waals surface area contributed by atoms with Gasteiger partial charge >= 0.3 is 5.97 Å². The molecule has 0 saturated heterocycles. The highest BCUT2D eigenvalue weighted by molar-refractivity contribution is 5.69. The van der Waals surface area contributed by atoms with Gasteiger partial charge in [-0.15, -0.1) is 0 Å². The van der Waals surface area contributed by atoms with E-state index in [0.717, 1.165) is 18.3 Å². The molecule has 0 aliphatic heterocycles. The second-order valence-electron chi connectivity index (χ2n) is 4.14. The van der Waals surface area contributed by atoms with Gasteiger partial charge in [0, 0.05) is 6.42 Å². The van der Waals surface area contributed by atoms with E-state index in [1.807, 2.05) is 0 Å². The summed E-state index contributed by atoms with van der Waals surface area (Å²) >= 11 is 0. The fourth-order valence-electron chi connectivity index (χ4n) is 2.23. The molecule has 0 aromatic carbocycles. The van der Waals surface area contributed by atoms with E-state index in [0.29, 0.717) is 6.42 Å². The van der Waals surface area contributed by atoms with Gasteiger partial charge < -0.3 is 4.74 Å². The van der Waals surface area contributed by atoms with Crippen LogP contribution in [0.5, 0.6) is 0 Å². The van der Waals surface area contributed by atoms with Crippen LogP contribution in [-0.2, 0) is 9.53 Å². The summed E-state index contributed by atoms with van der Waals surface area (Å²) in [5, 5.41) is 0. The van der Waals surface area contributed by atoms with Crippen molar-refractivity contribution < 1.29 is 9.53 Å². The fraction of sp³-hybridized carbons (Fsp3) is 0.909. The normalized spacial score (nSPS) is 28.5. The maximum Gasteiger partial charge on any atom is 0.305 e. The van der Waals surface area contributed by atoms with Gasteiger partial charge in [0.25, 0.3) is 0 Å². The molecule has 0 bridgehead atoms. The standard InChI is InChI=1S/C11H20O2/c1-9-5-3-4-6-10(9)7-8-11(12)13-2/h9-10H,3-8H2,1-2H3/t9-,10+/m1/s1. The van der Waals surface area contributed by atoms with Crippen molar-refractivity contribution in [1.82, 2.24) is 0 Å². The summed E-state index contributed by atoms with van der Waals surface area (Å²) in [6, 6.07) is 0. The van der Waals surface area contributed by atoms with E-state index in [2.05, 4.69) is 11.7 Å². The van der Waals surface area contributed by atoms with Crippen LogP contribution in [-0.4, -0.2) is 13.1 Å². The zero-order valence-electron chi connectivity index (χ0n) is 8.71. The second kappa shape index (κ2) is 5.25. The molecule has 0 radical (unpaired) electrons. The number of ether oxygens (including phenoxy) is 1. The largest absolute Gasteiger partial charge is 0.469 e. The molecule has 0 aromatic heterocycles. The Morgan fingerprint density at radius 2 is 2.08 bits per heavy atom. The van der Waals surface area contributed by atoms with Crippen molar-refractivity contribution in [3.8, 4) is 0 Å². The highest BCUT2D eigenvalue weighted by atomic mass is 16.5. The summed E-state index contributed by atoms with van der Waals surface area (Å²) in [4.78, 5) is 10.9. The van der Waals surface area contributed by atoms with Crippen LogP contribution in [0, 0.1) is 11.8 Å². The predicted octanol–water partition coefficient (Wildman–Crippen LogP) is 2.77. The Kier molecular flexibility index (Phi) is 4.26. The first-order valence-electron chi connectivity index (χ1n) is 5.31. The van der Waals surface area contributed by atoms with Gasteiger partial charge in [0.05, 0.1) is 7.11 Å². The summed E-state index contributed by atoms with van der Waals surface area (Å²) in [5.41, 5.74) is 0. The molecule has 0 amide bonds. The molecule has 1 aliphatic carbocycles. The first-order valence-corrected chi connectivity index (χ1v) is 5.31. The van der Waals surface area contributed by atoms with Crippen molar-refractivity contribution in [3.63, 3.8) is 0 Å². The first kappa shape index (κ1) is 10.6. The minimum Gasteiger partial charge on any atom is -0.469 e. The van der Waals surface area contributed by atoms with Crippen molar-refractivity contribution in [1.29, 1.82) is 0 Å². The minimum atomic E-state index is -0.0576. The van der Waals surface area contributed by atoms with Crippen LogP contribution in [0.1, 0.15) is 45.4 Å². The molecule has 2 nitrogen and oxygen atoms in total. The number of hydrogen-bond donors (Lipinski definition) is 0. The number of esters is 1. The molecule has 0 heterocycles. The van der Waals surface area contributed by atoms with Gasteiger partial charge in [0.1, 0.15) is 0 Å². The minimum absolute atomic E-state index is 0.0576. The van der Waals surface area contributed by atoms with E-state index in [4.69, 9.17) is 0 Å². The maximum atomic E-state index is 10.9. The molecular formula is C11H20O2. The lowest BCUT2D eigenvalue weighted by molar-refractivity contribution is -0.141. The molecule has 0 unspecified atom stereocenters. The van der Waals surface area contributed by atoms with Gasteiger partial charge in [-0.3, -0.25) is 4.79 Å². The van der Waals surface area contributed by atoms with Gasteiger partial charge in [-0.2, -0.15) is 0 Å². The molecule has 1 aliphatic rings. The van der Waals surface area contributed by atoms with Crippen LogP contribution < -0.4 is 0 Å². The molecular weight excluding hydrogens is 164 g/mol. The van der Waals surface area contributed by atoms with Gasteiger partial charge in [0.15, 0.2) is 0 Å². The third-order valence-corrected chi connectivity index (χ3v) is 3.24. The number of hydrogen-bond acceptors (Lipinski definition) is 2. The zero-order chi connectivity index (χ0) is 9.68. The van der Waals surface area contributed by atoms with E-state index >= 15 is 0 Å². The Balaban J connectivity index is 2.22. The topological polar surface area (TPSA) is 26.3 Å². The maximum absolute atomic E-state index is 10.9. The number of rotatable bonds is 3. The number of carbonyl (C=O) groups is 1. The smallest absolute Gasteiger partial charge is 0.305 e. The average Bonchev–Trinajstić information content (AvgIpc) is 2.16. The van der Waals surface area contributed by atoms with Crippen molar-refractivity contribution in [2.75, 3.05) is 7.11 Å². The van der Waals surface area contributed by atoms with Crippen molar-refractivity contribution >= 4 is 5.97 Å². The monoisotopic (exact) mass is 184 g/mol. The van der Waals surface area contributed by atoms with E-state index in [1.54, 1.807) is 0 Å². The first-order chi connectivity index (χ1) is 6.24. The molecule has 0 N–H and O–H groups in total. The van der Waals surface area contributed by atoms with Crippen LogP contribution in [0.3, 0.4) is 0 Å². The molecule has 0 spiro atoms. The summed E-state index contributed by atoms with van der Waals surface area (Å²) < 4.78 is 4.64. The lowest BCUT2D eigenvalue weighted by Gasteiger charge is -2.28. The van der Waals surface area contributed by atoms with Crippen LogP contribution in [0.25, 0.3) is 0 Å². The van der Waals surface area contributed by atoms with Crippen LogP contribution in [0.2, 0.25) is 0 Å². The zero-order valence-corrected chi connectivity index (χ0v) is 8.71. The van der Waals surface area contributed by atoms with E-state index in [-0.39, 0.29) is 5.97 Å². The Morgan fingerprint density at radius 1 is 1.38 bits per heavy atom. The predicted molar refractivity (Wildman–Crippen MR) is 52.4 cm³/mol. The van der Waals surface area contributed by atoms with E-state index in [1.165, 1.54) is 32.8 Å². The van der Waals surface area contributed by atoms with Gasteiger partial charge in [0.2, 0.25) is 0 Å². The molecule has 76 valence electrons. The molecule has 13 heavy (non-hydrogen) atoms. The second-order valence-corrected chi connectivity index (χ2v) is 4.14. The van der Waals surface area contributed by atoms with Crippen LogP contribution in [0.4, 0.5) is 0 Å². The average molecular weight is 184 g/mol. The summed E-state index contributed by atoms with van der Waals surface area (Å²) in [5.74, 6) is 1.50. The quantitative estimate of drug-likeness (QED) is 0.630. The van der Waals surface area contributed by atoms with Gasteiger partial charge in [-0.05, 0) is 18.3 Å². The lowest BCUT2D eigenvalue weighted by atomic mass is 9.78. The fourth-order valence-corrected chi connectivity index (χ4v) is 2.23. The highest BCUT2D eigenvalue weighted by Gasteiger charge is 2.21. The molecule has 0 aromatic rings. The van der Waals surface area contributed by atoms with Crippen molar-refractivity contribution in [2.24, 2.45) is 11.8 Å². The van der Waals surface area contributed by atoms with Gasteiger partial charge in [-0.25, -0.2) is 0 Å². The number of methoxy groups -OCH3 is 1. The molecule has 2 heteroatoms. The van der Waals surface area contributed by atoms with Crippen molar-refractivity contribution in [3.05, 3.63) is 0 Å². The molecule has 1 fully saturated rings. The Bertz CT molecular complexity index is 165. The Hall–Kier alpha value is -0.530. The third-order valence-electron chi connectivity index (χ3n) is 3.24. The Morgan fingerprint density at radius 3 is 2.69 bits per heavy atom. The lowest BCUT2D eigenvalue weighted by Crippen LogP contribution is -2.18. The van der Waals surface area contributed by atoms with Crippen LogP contribution in [0.15, 0.2) is 0 Å². The van der Waals surface area contributed by atoms with E-state index in [9.17, 15) is 4.79 Å². The Labute approximate surface area is 80.7 Å². The third kappa shape index (κ3) is 3.37. The van der Waals surface area contributed by atoms with Gasteiger partial charge in [-0.1, -0.05) is 32.6 Å². The summed E-state index contributed by atoms with van der Waals surface area (Å²) in [6.45, 7) is 2.31. The molecule has 1 saturated carbocycles. The highest BCUT2D eigenvalue weighted by Crippen LogP contribution is 2.32. The van der Waals surface area contributed by atoms with Crippen LogP contribution >= 0.6 is 0 Å².